The minimum Gasteiger partial charge on any atom is -0.465 e. The van der Waals surface area contributed by atoms with Gasteiger partial charge in [0.05, 0.1) is 11.1 Å². The monoisotopic (exact) mass is 400 g/mol. The number of anilines is 1. The van der Waals surface area contributed by atoms with E-state index in [0.717, 1.165) is 6.07 Å². The summed E-state index contributed by atoms with van der Waals surface area (Å²) in [5.41, 5.74) is -1.51. The van der Waals surface area contributed by atoms with Gasteiger partial charge in [-0.1, -0.05) is 0 Å². The van der Waals surface area contributed by atoms with E-state index in [1.165, 1.54) is 4.40 Å². The molecular weight excluding hydrogens is 384 g/mol. The number of hydrogen-bond acceptors (Lipinski definition) is 5. The number of halogens is 4. The second kappa shape index (κ2) is 7.44. The Morgan fingerprint density at radius 2 is 1.93 bits per heavy atom. The van der Waals surface area contributed by atoms with Crippen LogP contribution in [0.3, 0.4) is 0 Å². The van der Waals surface area contributed by atoms with Crippen LogP contribution in [0.1, 0.15) is 24.2 Å². The third kappa shape index (κ3) is 3.89. The van der Waals surface area contributed by atoms with Crippen LogP contribution < -0.4 is 10.6 Å². The zero-order valence-corrected chi connectivity index (χ0v) is 14.6. The molecule has 0 radical (unpaired) electrons. The Kier molecular flexibility index (Phi) is 5.21. The van der Waals surface area contributed by atoms with Gasteiger partial charge in [0.2, 0.25) is 5.65 Å². The standard InChI is InChI=1S/C16H16F4N6O2/c1-8-24-25-14-13(21-4-2-3-5-22-15(27)28)23-12-10(16(18,19)20)6-9(17)7-11(12)26(8)14/h6-7,22H,2-5H2,1H3,(H,21,23)(H,27,28). The number of nitrogens with one attached hydrogen (secondary N) is 2. The number of rotatable bonds is 6. The van der Waals surface area contributed by atoms with Gasteiger partial charge in [-0.25, -0.2) is 14.2 Å². The smallest absolute Gasteiger partial charge is 0.418 e. The van der Waals surface area contributed by atoms with E-state index in [1.54, 1.807) is 6.92 Å². The van der Waals surface area contributed by atoms with Gasteiger partial charge in [-0.15, -0.1) is 10.2 Å². The van der Waals surface area contributed by atoms with Crippen LogP contribution in [-0.2, 0) is 6.18 Å². The van der Waals surface area contributed by atoms with E-state index in [9.17, 15) is 22.4 Å². The van der Waals surface area contributed by atoms with Crippen LogP contribution in [0.5, 0.6) is 0 Å². The molecule has 0 atom stereocenters. The number of benzene rings is 1. The number of aryl methyl sites for hydroxylation is 1. The van der Waals surface area contributed by atoms with Crippen molar-refractivity contribution in [3.05, 3.63) is 29.3 Å². The fraction of sp³-hybridized carbons (Fsp3) is 0.375. The zero-order chi connectivity index (χ0) is 20.5. The predicted octanol–water partition coefficient (Wildman–Crippen LogP) is 3.20. The molecule has 0 saturated carbocycles. The molecule has 0 saturated heterocycles. The lowest BCUT2D eigenvalue weighted by atomic mass is 10.1. The van der Waals surface area contributed by atoms with Gasteiger partial charge in [-0.05, 0) is 25.8 Å². The van der Waals surface area contributed by atoms with E-state index in [-0.39, 0.29) is 29.4 Å². The average Bonchev–Trinajstić information content (AvgIpc) is 2.99. The van der Waals surface area contributed by atoms with Crippen molar-refractivity contribution in [2.24, 2.45) is 0 Å². The number of unbranched alkanes of at least 4 members (excludes halogenated alkanes) is 1. The minimum atomic E-state index is -4.79. The van der Waals surface area contributed by atoms with Crippen molar-refractivity contribution >= 4 is 28.6 Å². The van der Waals surface area contributed by atoms with E-state index >= 15 is 0 Å². The van der Waals surface area contributed by atoms with Gasteiger partial charge >= 0.3 is 12.3 Å². The number of fused-ring (bicyclic) bond motifs is 3. The van der Waals surface area contributed by atoms with Crippen LogP contribution in [0, 0.1) is 12.7 Å². The van der Waals surface area contributed by atoms with Gasteiger partial charge in [0.1, 0.15) is 17.2 Å². The van der Waals surface area contributed by atoms with Crippen molar-refractivity contribution in [1.82, 2.24) is 24.9 Å². The number of nitrogens with zero attached hydrogens (tertiary/aromatic N) is 4. The highest BCUT2D eigenvalue weighted by atomic mass is 19.4. The summed E-state index contributed by atoms with van der Waals surface area (Å²) in [6, 6.07) is 1.37. The van der Waals surface area contributed by atoms with Gasteiger partial charge in [0.25, 0.3) is 0 Å². The Hall–Kier alpha value is -3.18. The Bertz CT molecular complexity index is 1030. The number of amides is 1. The molecule has 0 aliphatic rings. The molecule has 3 N–H and O–H groups in total. The normalized spacial score (nSPS) is 11.9. The molecule has 8 nitrogen and oxygen atoms in total. The van der Waals surface area contributed by atoms with Crippen LogP contribution in [-0.4, -0.2) is 43.9 Å². The van der Waals surface area contributed by atoms with Crippen LogP contribution in [0.25, 0.3) is 16.7 Å². The first-order valence-electron chi connectivity index (χ1n) is 8.31. The van der Waals surface area contributed by atoms with Crippen molar-refractivity contribution in [1.29, 1.82) is 0 Å². The molecule has 150 valence electrons. The molecule has 0 bridgehead atoms. The Morgan fingerprint density at radius 1 is 1.21 bits per heavy atom. The van der Waals surface area contributed by atoms with Crippen molar-refractivity contribution < 1.29 is 27.5 Å². The quantitative estimate of drug-likeness (QED) is 0.434. The molecule has 3 rings (SSSR count). The first-order valence-corrected chi connectivity index (χ1v) is 8.31. The Balaban J connectivity index is 1.98. The van der Waals surface area contributed by atoms with Gasteiger partial charge < -0.3 is 15.7 Å². The third-order valence-corrected chi connectivity index (χ3v) is 4.03. The highest BCUT2D eigenvalue weighted by Crippen LogP contribution is 2.36. The summed E-state index contributed by atoms with van der Waals surface area (Å²) < 4.78 is 55.3. The van der Waals surface area contributed by atoms with Crippen LogP contribution >= 0.6 is 0 Å². The van der Waals surface area contributed by atoms with E-state index in [2.05, 4.69) is 25.8 Å². The van der Waals surface area contributed by atoms with Gasteiger partial charge in [-0.2, -0.15) is 13.2 Å². The maximum atomic E-state index is 13.8. The maximum Gasteiger partial charge on any atom is 0.418 e. The first-order chi connectivity index (χ1) is 13.2. The summed E-state index contributed by atoms with van der Waals surface area (Å²) in [5.74, 6) is -0.672. The summed E-state index contributed by atoms with van der Waals surface area (Å²) >= 11 is 0. The lowest BCUT2D eigenvalue weighted by Gasteiger charge is -2.14. The molecule has 2 aromatic heterocycles. The second-order valence-corrected chi connectivity index (χ2v) is 6.05. The number of aromatic nitrogens is 4. The molecule has 12 heteroatoms. The Labute approximate surface area is 155 Å². The lowest BCUT2D eigenvalue weighted by Crippen LogP contribution is -2.22. The molecule has 2 heterocycles. The van der Waals surface area contributed by atoms with E-state index < -0.39 is 29.2 Å². The van der Waals surface area contributed by atoms with Crippen molar-refractivity contribution in [3.8, 4) is 0 Å². The molecule has 28 heavy (non-hydrogen) atoms. The number of carboxylic acid groups (broad SMARTS) is 1. The topological polar surface area (TPSA) is 104 Å². The zero-order valence-electron chi connectivity index (χ0n) is 14.6. The average molecular weight is 400 g/mol. The Morgan fingerprint density at radius 3 is 2.61 bits per heavy atom. The maximum absolute atomic E-state index is 13.8. The van der Waals surface area contributed by atoms with Crippen LogP contribution in [0.2, 0.25) is 0 Å². The van der Waals surface area contributed by atoms with Crippen molar-refractivity contribution in [3.63, 3.8) is 0 Å². The molecule has 0 unspecified atom stereocenters. The summed E-state index contributed by atoms with van der Waals surface area (Å²) in [5, 5.41) is 21.4. The van der Waals surface area contributed by atoms with Crippen molar-refractivity contribution in [2.45, 2.75) is 25.9 Å². The van der Waals surface area contributed by atoms with E-state index in [4.69, 9.17) is 5.11 Å². The predicted molar refractivity (Wildman–Crippen MR) is 91.7 cm³/mol. The molecule has 0 spiro atoms. The number of hydrogen-bond donors (Lipinski definition) is 3. The SMILES string of the molecule is Cc1nnc2c(NCCCCNC(=O)O)nc3c(C(F)(F)F)cc(F)cc3n12. The fourth-order valence-corrected chi connectivity index (χ4v) is 2.83. The van der Waals surface area contributed by atoms with Crippen LogP contribution in [0.15, 0.2) is 12.1 Å². The third-order valence-electron chi connectivity index (χ3n) is 4.03. The van der Waals surface area contributed by atoms with E-state index in [1.807, 2.05) is 0 Å². The largest absolute Gasteiger partial charge is 0.465 e. The van der Waals surface area contributed by atoms with Gasteiger partial charge in [0, 0.05) is 19.2 Å². The number of carbonyl (C=O) groups is 1. The summed E-state index contributed by atoms with van der Waals surface area (Å²) in [4.78, 5) is 14.4. The molecule has 0 aliphatic heterocycles. The van der Waals surface area contributed by atoms with Gasteiger partial charge in [0.15, 0.2) is 5.82 Å². The van der Waals surface area contributed by atoms with Gasteiger partial charge in [-0.3, -0.25) is 4.40 Å². The lowest BCUT2D eigenvalue weighted by molar-refractivity contribution is -0.136. The molecular formula is C16H16F4N6O2. The molecule has 0 fully saturated rings. The van der Waals surface area contributed by atoms with Crippen LogP contribution in [0.4, 0.5) is 28.2 Å². The first kappa shape index (κ1) is 19.6. The second-order valence-electron chi connectivity index (χ2n) is 6.05. The highest BCUT2D eigenvalue weighted by Gasteiger charge is 2.35. The molecule has 3 aromatic rings. The van der Waals surface area contributed by atoms with Crippen molar-refractivity contribution in [2.75, 3.05) is 18.4 Å². The molecule has 1 aromatic carbocycles. The molecule has 1 amide bonds. The summed E-state index contributed by atoms with van der Waals surface area (Å²) in [6.45, 7) is 2.11. The summed E-state index contributed by atoms with van der Waals surface area (Å²) in [7, 11) is 0. The van der Waals surface area contributed by atoms with E-state index in [0.29, 0.717) is 25.5 Å². The number of alkyl halides is 3. The highest BCUT2D eigenvalue weighted by molar-refractivity contribution is 5.86. The fourth-order valence-electron chi connectivity index (χ4n) is 2.83. The minimum absolute atomic E-state index is 0.0800. The summed E-state index contributed by atoms with van der Waals surface area (Å²) in [6.07, 6.45) is -4.86. The molecule has 0 aliphatic carbocycles.